The minimum absolute atomic E-state index is 0.227. The molecular weight excluding hydrogens is 172 g/mol. The van der Waals surface area contributed by atoms with Crippen LogP contribution in [-0.4, -0.2) is 27.3 Å². The van der Waals surface area contributed by atoms with Crippen LogP contribution in [0, 0.1) is 0 Å². The molecule has 0 aromatic carbocycles. The molecule has 5 nitrogen and oxygen atoms in total. The molecule has 0 unspecified atom stereocenters. The van der Waals surface area contributed by atoms with Crippen molar-refractivity contribution < 1.29 is 10.0 Å². The van der Waals surface area contributed by atoms with Crippen LogP contribution >= 0.6 is 0 Å². The second kappa shape index (κ2) is 2.70. The molecule has 0 saturated heterocycles. The standard InChI is InChI=1S/C8H8N2O3/c11-6-1-2-9-3-4-10(13)8(12)7(9)5-6/h1-2,5,13H,3-4H2. The quantitative estimate of drug-likeness (QED) is 0.557. The Hall–Kier alpha value is -1.62. The predicted molar refractivity (Wildman–Crippen MR) is 43.5 cm³/mol. The molecule has 1 aromatic rings. The lowest BCUT2D eigenvalue weighted by Gasteiger charge is -2.24. The summed E-state index contributed by atoms with van der Waals surface area (Å²) in [5.74, 6) is -0.524. The third-order valence-corrected chi connectivity index (χ3v) is 2.01. The van der Waals surface area contributed by atoms with E-state index in [0.717, 1.165) is 0 Å². The summed E-state index contributed by atoms with van der Waals surface area (Å²) in [6, 6.07) is 2.62. The molecule has 0 atom stereocenters. The summed E-state index contributed by atoms with van der Waals surface area (Å²) in [6.45, 7) is 0.770. The van der Waals surface area contributed by atoms with Gasteiger partial charge in [0.25, 0.3) is 5.91 Å². The van der Waals surface area contributed by atoms with Crippen LogP contribution in [0.3, 0.4) is 0 Å². The van der Waals surface area contributed by atoms with Gasteiger partial charge in [0.1, 0.15) is 5.69 Å². The molecule has 0 aliphatic carbocycles. The third-order valence-electron chi connectivity index (χ3n) is 2.01. The van der Waals surface area contributed by atoms with E-state index in [1.807, 2.05) is 0 Å². The Morgan fingerprint density at radius 2 is 2.08 bits per heavy atom. The van der Waals surface area contributed by atoms with Crippen molar-refractivity contribution >= 4 is 5.91 Å². The van der Waals surface area contributed by atoms with Gasteiger partial charge in [-0.3, -0.25) is 14.8 Å². The molecule has 0 radical (unpaired) electrons. The minimum atomic E-state index is -0.524. The van der Waals surface area contributed by atoms with Gasteiger partial charge in [-0.25, -0.2) is 5.06 Å². The fraction of sp³-hybridized carbons (Fsp3) is 0.250. The number of hydroxylamine groups is 2. The van der Waals surface area contributed by atoms with Crippen molar-refractivity contribution in [2.24, 2.45) is 0 Å². The molecule has 13 heavy (non-hydrogen) atoms. The number of amides is 1. The van der Waals surface area contributed by atoms with E-state index in [1.165, 1.54) is 12.1 Å². The van der Waals surface area contributed by atoms with E-state index in [0.29, 0.717) is 11.6 Å². The maximum atomic E-state index is 11.3. The molecule has 2 heterocycles. The van der Waals surface area contributed by atoms with Gasteiger partial charge in [-0.15, -0.1) is 0 Å². The molecule has 0 fully saturated rings. The monoisotopic (exact) mass is 180 g/mol. The number of fused-ring (bicyclic) bond motifs is 1. The molecule has 1 aromatic heterocycles. The molecule has 0 spiro atoms. The highest BCUT2D eigenvalue weighted by atomic mass is 16.5. The number of carbonyl (C=O) groups is 1. The van der Waals surface area contributed by atoms with Crippen LogP contribution in [0.25, 0.3) is 0 Å². The van der Waals surface area contributed by atoms with Gasteiger partial charge in [0.05, 0.1) is 6.54 Å². The van der Waals surface area contributed by atoms with Crippen LogP contribution in [0.5, 0.6) is 0 Å². The van der Waals surface area contributed by atoms with Crippen molar-refractivity contribution in [3.8, 4) is 0 Å². The van der Waals surface area contributed by atoms with Gasteiger partial charge in [0, 0.05) is 24.9 Å². The molecule has 1 aliphatic heterocycles. The Labute approximate surface area is 73.8 Å². The van der Waals surface area contributed by atoms with Crippen LogP contribution < -0.4 is 5.43 Å². The molecule has 5 heteroatoms. The first kappa shape index (κ1) is 8.00. The zero-order valence-corrected chi connectivity index (χ0v) is 6.80. The van der Waals surface area contributed by atoms with E-state index >= 15 is 0 Å². The van der Waals surface area contributed by atoms with E-state index < -0.39 is 5.91 Å². The molecule has 68 valence electrons. The zero-order valence-electron chi connectivity index (χ0n) is 6.80. The van der Waals surface area contributed by atoms with Crippen molar-refractivity contribution in [3.05, 3.63) is 34.2 Å². The smallest absolute Gasteiger partial charge is 0.294 e. The summed E-state index contributed by atoms with van der Waals surface area (Å²) >= 11 is 0. The van der Waals surface area contributed by atoms with Gasteiger partial charge in [-0.2, -0.15) is 0 Å². The average Bonchev–Trinajstić information content (AvgIpc) is 2.12. The van der Waals surface area contributed by atoms with Crippen molar-refractivity contribution in [1.82, 2.24) is 9.63 Å². The van der Waals surface area contributed by atoms with Gasteiger partial charge >= 0.3 is 0 Å². The van der Waals surface area contributed by atoms with Crippen molar-refractivity contribution in [2.75, 3.05) is 6.54 Å². The van der Waals surface area contributed by atoms with Crippen molar-refractivity contribution in [1.29, 1.82) is 0 Å². The summed E-state index contributed by atoms with van der Waals surface area (Å²) in [5, 5.41) is 9.70. The zero-order chi connectivity index (χ0) is 9.42. The molecule has 2 rings (SSSR count). The SMILES string of the molecule is O=C1c2cc(=O)ccn2CCN1O. The largest absolute Gasteiger partial charge is 0.341 e. The van der Waals surface area contributed by atoms with Gasteiger partial charge in [-0.05, 0) is 0 Å². The van der Waals surface area contributed by atoms with Crippen molar-refractivity contribution in [3.63, 3.8) is 0 Å². The lowest BCUT2D eigenvalue weighted by Crippen LogP contribution is -2.39. The summed E-state index contributed by atoms with van der Waals surface area (Å²) in [4.78, 5) is 22.2. The first-order valence-electron chi connectivity index (χ1n) is 3.90. The van der Waals surface area contributed by atoms with Gasteiger partial charge < -0.3 is 4.57 Å². The van der Waals surface area contributed by atoms with Crippen LogP contribution in [-0.2, 0) is 6.54 Å². The summed E-state index contributed by atoms with van der Waals surface area (Å²) in [6.07, 6.45) is 1.56. The summed E-state index contributed by atoms with van der Waals surface area (Å²) in [5.41, 5.74) is 0.0103. The fourth-order valence-electron chi connectivity index (χ4n) is 1.33. The number of hydrogen-bond donors (Lipinski definition) is 1. The highest BCUT2D eigenvalue weighted by Crippen LogP contribution is 2.07. The average molecular weight is 180 g/mol. The first-order valence-corrected chi connectivity index (χ1v) is 3.90. The molecular formula is C8H8N2O3. The Bertz CT molecular complexity index is 410. The second-order valence-corrected chi connectivity index (χ2v) is 2.87. The Balaban J connectivity index is 2.58. The number of pyridine rings is 1. The van der Waals surface area contributed by atoms with Crippen LogP contribution in [0.15, 0.2) is 23.1 Å². The number of nitrogens with zero attached hydrogens (tertiary/aromatic N) is 2. The maximum Gasteiger partial charge on any atom is 0.294 e. The van der Waals surface area contributed by atoms with Crippen molar-refractivity contribution in [2.45, 2.75) is 6.54 Å². The van der Waals surface area contributed by atoms with Crippen LogP contribution in [0.1, 0.15) is 10.5 Å². The molecule has 1 amide bonds. The fourth-order valence-corrected chi connectivity index (χ4v) is 1.33. The molecule has 0 bridgehead atoms. The van der Waals surface area contributed by atoms with Gasteiger partial charge in [0.15, 0.2) is 5.43 Å². The highest BCUT2D eigenvalue weighted by molar-refractivity contribution is 5.92. The lowest BCUT2D eigenvalue weighted by atomic mass is 10.2. The topological polar surface area (TPSA) is 62.5 Å². The third kappa shape index (κ3) is 1.23. The van der Waals surface area contributed by atoms with Gasteiger partial charge in [-0.1, -0.05) is 0 Å². The first-order chi connectivity index (χ1) is 6.18. The Morgan fingerprint density at radius 3 is 2.85 bits per heavy atom. The van der Waals surface area contributed by atoms with E-state index in [1.54, 1.807) is 10.8 Å². The number of aromatic nitrogens is 1. The number of carbonyl (C=O) groups excluding carboxylic acids is 1. The highest BCUT2D eigenvalue weighted by Gasteiger charge is 2.21. The Kier molecular flexibility index (Phi) is 1.66. The normalized spacial score (nSPS) is 15.8. The minimum Gasteiger partial charge on any atom is -0.341 e. The van der Waals surface area contributed by atoms with Gasteiger partial charge in [0.2, 0.25) is 0 Å². The summed E-state index contributed by atoms with van der Waals surface area (Å²) < 4.78 is 1.65. The maximum absolute atomic E-state index is 11.3. The van der Waals surface area contributed by atoms with Crippen LogP contribution in [0.4, 0.5) is 0 Å². The summed E-state index contributed by atoms with van der Waals surface area (Å²) in [7, 11) is 0. The van der Waals surface area contributed by atoms with E-state index in [4.69, 9.17) is 5.21 Å². The van der Waals surface area contributed by atoms with Crippen LogP contribution in [0.2, 0.25) is 0 Å². The number of rotatable bonds is 0. The predicted octanol–water partition coefficient (Wildman–Crippen LogP) is -0.307. The second-order valence-electron chi connectivity index (χ2n) is 2.87. The molecule has 1 aliphatic rings. The van der Waals surface area contributed by atoms with E-state index in [-0.39, 0.29) is 17.7 Å². The van der Waals surface area contributed by atoms with E-state index in [9.17, 15) is 9.59 Å². The number of hydrogen-bond acceptors (Lipinski definition) is 3. The van der Waals surface area contributed by atoms with E-state index in [2.05, 4.69) is 0 Å². The molecule has 0 saturated carbocycles. The lowest BCUT2D eigenvalue weighted by molar-refractivity contribution is -0.0662. The molecule has 1 N–H and O–H groups in total. The Morgan fingerprint density at radius 1 is 1.31 bits per heavy atom.